The molecular weight excluding hydrogens is 262 g/mol. The normalized spacial score (nSPS) is 9.86. The number of pyridine rings is 2. The summed E-state index contributed by atoms with van der Waals surface area (Å²) >= 11 is 0. The maximum absolute atomic E-state index is 9.29. The van der Waals surface area contributed by atoms with Crippen molar-refractivity contribution >= 4 is 0 Å². The molecule has 0 aliphatic rings. The summed E-state index contributed by atoms with van der Waals surface area (Å²) in [5, 5.41) is 9.29. The topological polar surface area (TPSA) is 58.8 Å². The van der Waals surface area contributed by atoms with Gasteiger partial charge in [0.05, 0.1) is 0 Å². The summed E-state index contributed by atoms with van der Waals surface area (Å²) in [6, 6.07) is 16.9. The van der Waals surface area contributed by atoms with E-state index in [4.69, 9.17) is 4.74 Å². The molecule has 2 aromatic heterocycles. The van der Waals surface area contributed by atoms with Crippen molar-refractivity contribution in [2.45, 2.75) is 0 Å². The largest absolute Gasteiger partial charge is 0.438 e. The van der Waals surface area contributed by atoms with E-state index in [2.05, 4.69) is 16.0 Å². The van der Waals surface area contributed by atoms with Crippen LogP contribution in [-0.4, -0.2) is 9.97 Å². The molecule has 1 aromatic carbocycles. The highest BCUT2D eigenvalue weighted by molar-refractivity contribution is 5.64. The summed E-state index contributed by atoms with van der Waals surface area (Å²) in [6.07, 6.45) is 5.10. The maximum Gasteiger partial charge on any atom is 0.237 e. The Kier molecular flexibility index (Phi) is 3.57. The second-order valence-electron chi connectivity index (χ2n) is 4.34. The Labute approximate surface area is 122 Å². The molecular formula is C17H11N3O. The highest BCUT2D eigenvalue weighted by Gasteiger charge is 2.09. The van der Waals surface area contributed by atoms with Crippen LogP contribution in [0.4, 0.5) is 0 Å². The molecule has 0 saturated carbocycles. The van der Waals surface area contributed by atoms with Crippen molar-refractivity contribution in [3.63, 3.8) is 0 Å². The van der Waals surface area contributed by atoms with Gasteiger partial charge in [-0.1, -0.05) is 18.2 Å². The lowest BCUT2D eigenvalue weighted by Crippen LogP contribution is -1.93. The Morgan fingerprint density at radius 1 is 0.952 bits per heavy atom. The van der Waals surface area contributed by atoms with Gasteiger partial charge >= 0.3 is 0 Å². The molecule has 0 N–H and O–H groups in total. The monoisotopic (exact) mass is 273 g/mol. The summed E-state index contributed by atoms with van der Waals surface area (Å²) in [7, 11) is 0. The zero-order valence-electron chi connectivity index (χ0n) is 11.1. The van der Waals surface area contributed by atoms with Crippen LogP contribution in [0.1, 0.15) is 5.56 Å². The van der Waals surface area contributed by atoms with Gasteiger partial charge in [0.2, 0.25) is 5.88 Å². The van der Waals surface area contributed by atoms with Crippen molar-refractivity contribution in [2.24, 2.45) is 0 Å². The molecule has 0 aliphatic heterocycles. The molecule has 0 aliphatic carbocycles. The van der Waals surface area contributed by atoms with Gasteiger partial charge in [0.25, 0.3) is 0 Å². The predicted octanol–water partition coefficient (Wildman–Crippen LogP) is 3.81. The fraction of sp³-hybridized carbons (Fsp3) is 0. The van der Waals surface area contributed by atoms with Crippen LogP contribution in [0.2, 0.25) is 0 Å². The Morgan fingerprint density at radius 2 is 1.71 bits per heavy atom. The summed E-state index contributed by atoms with van der Waals surface area (Å²) < 4.78 is 5.65. The maximum atomic E-state index is 9.29. The molecule has 4 heteroatoms. The molecule has 21 heavy (non-hydrogen) atoms. The van der Waals surface area contributed by atoms with Crippen LogP contribution in [-0.2, 0) is 0 Å². The highest BCUT2D eigenvalue weighted by Crippen LogP contribution is 2.26. The smallest absolute Gasteiger partial charge is 0.237 e. The van der Waals surface area contributed by atoms with Crippen LogP contribution >= 0.6 is 0 Å². The summed E-state index contributed by atoms with van der Waals surface area (Å²) in [5.74, 6) is 0.958. The average Bonchev–Trinajstić information content (AvgIpc) is 2.57. The van der Waals surface area contributed by atoms with E-state index in [1.807, 2.05) is 42.5 Å². The van der Waals surface area contributed by atoms with Crippen LogP contribution in [0.3, 0.4) is 0 Å². The van der Waals surface area contributed by atoms with E-state index in [1.54, 1.807) is 24.7 Å². The molecule has 2 heterocycles. The fourth-order valence-corrected chi connectivity index (χ4v) is 1.92. The van der Waals surface area contributed by atoms with Crippen LogP contribution < -0.4 is 4.74 Å². The Hall–Kier alpha value is -3.19. The van der Waals surface area contributed by atoms with Crippen LogP contribution in [0, 0.1) is 11.3 Å². The fourth-order valence-electron chi connectivity index (χ4n) is 1.92. The molecule has 0 spiro atoms. The number of aromatic nitrogens is 2. The quantitative estimate of drug-likeness (QED) is 0.728. The molecule has 4 nitrogen and oxygen atoms in total. The van der Waals surface area contributed by atoms with Crippen molar-refractivity contribution in [1.29, 1.82) is 5.26 Å². The van der Waals surface area contributed by atoms with E-state index in [0.29, 0.717) is 17.2 Å². The minimum atomic E-state index is 0.307. The van der Waals surface area contributed by atoms with Crippen molar-refractivity contribution in [2.75, 3.05) is 0 Å². The number of ether oxygens (including phenoxy) is 1. The van der Waals surface area contributed by atoms with Gasteiger partial charge < -0.3 is 4.74 Å². The number of para-hydroxylation sites is 1. The number of hydrogen-bond donors (Lipinski definition) is 0. The van der Waals surface area contributed by atoms with E-state index in [-0.39, 0.29) is 0 Å². The average molecular weight is 273 g/mol. The van der Waals surface area contributed by atoms with Gasteiger partial charge in [0.15, 0.2) is 0 Å². The highest BCUT2D eigenvalue weighted by atomic mass is 16.5. The standard InChI is InChI=1S/C17H11N3O/c18-11-14-10-15(13-6-8-19-9-7-13)12-20-17(14)21-16-4-2-1-3-5-16/h1-10,12H. The number of rotatable bonds is 3. The van der Waals surface area contributed by atoms with Crippen LogP contribution in [0.5, 0.6) is 11.6 Å². The molecule has 0 radical (unpaired) electrons. The molecule has 3 rings (SSSR count). The van der Waals surface area contributed by atoms with E-state index < -0.39 is 0 Å². The number of nitrogens with zero attached hydrogens (tertiary/aromatic N) is 3. The van der Waals surface area contributed by atoms with Gasteiger partial charge in [-0.3, -0.25) is 4.98 Å². The van der Waals surface area contributed by atoms with E-state index in [0.717, 1.165) is 11.1 Å². The molecule has 0 bridgehead atoms. The lowest BCUT2D eigenvalue weighted by Gasteiger charge is -2.07. The van der Waals surface area contributed by atoms with Gasteiger partial charge in [-0.05, 0) is 35.9 Å². The zero-order valence-corrected chi connectivity index (χ0v) is 11.1. The van der Waals surface area contributed by atoms with Crippen LogP contribution in [0.15, 0.2) is 67.1 Å². The number of hydrogen-bond acceptors (Lipinski definition) is 4. The second-order valence-corrected chi connectivity index (χ2v) is 4.34. The molecule has 3 aromatic rings. The molecule has 0 amide bonds. The van der Waals surface area contributed by atoms with Crippen LogP contribution in [0.25, 0.3) is 11.1 Å². The second kappa shape index (κ2) is 5.85. The lowest BCUT2D eigenvalue weighted by atomic mass is 10.1. The van der Waals surface area contributed by atoms with E-state index in [1.165, 1.54) is 0 Å². The summed E-state index contributed by atoms with van der Waals surface area (Å²) in [4.78, 5) is 8.23. The minimum absolute atomic E-state index is 0.307. The van der Waals surface area contributed by atoms with Crippen molar-refractivity contribution < 1.29 is 4.74 Å². The van der Waals surface area contributed by atoms with Crippen molar-refractivity contribution in [3.05, 3.63) is 72.7 Å². The molecule has 100 valence electrons. The molecule has 0 saturated heterocycles. The first-order valence-electron chi connectivity index (χ1n) is 6.40. The molecule has 0 unspecified atom stereocenters. The third kappa shape index (κ3) is 2.88. The Morgan fingerprint density at radius 3 is 2.43 bits per heavy atom. The lowest BCUT2D eigenvalue weighted by molar-refractivity contribution is 0.461. The van der Waals surface area contributed by atoms with Gasteiger partial charge in [0.1, 0.15) is 17.4 Å². The minimum Gasteiger partial charge on any atom is -0.438 e. The first-order valence-corrected chi connectivity index (χ1v) is 6.40. The predicted molar refractivity (Wildman–Crippen MR) is 78.7 cm³/mol. The number of benzene rings is 1. The van der Waals surface area contributed by atoms with Crippen molar-refractivity contribution in [1.82, 2.24) is 9.97 Å². The van der Waals surface area contributed by atoms with Crippen molar-refractivity contribution in [3.8, 4) is 28.8 Å². The third-order valence-corrected chi connectivity index (χ3v) is 2.94. The zero-order chi connectivity index (χ0) is 14.5. The van der Waals surface area contributed by atoms with E-state index >= 15 is 0 Å². The number of nitriles is 1. The first-order chi connectivity index (χ1) is 10.4. The van der Waals surface area contributed by atoms with Gasteiger partial charge in [-0.25, -0.2) is 4.98 Å². The van der Waals surface area contributed by atoms with Gasteiger partial charge in [-0.2, -0.15) is 5.26 Å². The van der Waals surface area contributed by atoms with Gasteiger partial charge in [-0.15, -0.1) is 0 Å². The molecule has 0 fully saturated rings. The Bertz CT molecular complexity index is 780. The molecule has 0 atom stereocenters. The van der Waals surface area contributed by atoms with Gasteiger partial charge in [0, 0.05) is 24.2 Å². The third-order valence-electron chi connectivity index (χ3n) is 2.94. The summed E-state index contributed by atoms with van der Waals surface area (Å²) in [5.41, 5.74) is 2.21. The first kappa shape index (κ1) is 12.8. The Balaban J connectivity index is 1.95. The van der Waals surface area contributed by atoms with E-state index in [9.17, 15) is 5.26 Å². The summed E-state index contributed by atoms with van der Waals surface area (Å²) in [6.45, 7) is 0. The SMILES string of the molecule is N#Cc1cc(-c2ccncc2)cnc1Oc1ccccc1.